The standard InChI is InChI=1S/C16H19FN2O3/c1-3-4-8-22-15(20)13-10(2)18-16(21)19-14(13)11-6-5-7-12(17)9-11/h5-7,9,14H,3-4,8H2,1-2H3,(H2,18,19,21). The molecule has 2 amide bonds. The molecule has 0 fully saturated rings. The normalized spacial score (nSPS) is 17.8. The fraction of sp³-hybridized carbons (Fsp3) is 0.375. The van der Waals surface area contributed by atoms with Crippen LogP contribution in [0, 0.1) is 5.82 Å². The Kier molecular flexibility index (Phi) is 5.14. The highest BCUT2D eigenvalue weighted by molar-refractivity contribution is 5.95. The highest BCUT2D eigenvalue weighted by atomic mass is 19.1. The molecule has 1 atom stereocenters. The zero-order valence-corrected chi connectivity index (χ0v) is 12.6. The van der Waals surface area contributed by atoms with Gasteiger partial charge in [-0.15, -0.1) is 0 Å². The number of urea groups is 1. The Morgan fingerprint density at radius 3 is 2.86 bits per heavy atom. The summed E-state index contributed by atoms with van der Waals surface area (Å²) in [5, 5.41) is 5.19. The van der Waals surface area contributed by atoms with Crippen molar-refractivity contribution in [3.05, 3.63) is 46.9 Å². The molecule has 1 aromatic rings. The first kappa shape index (κ1) is 16.0. The molecule has 6 heteroatoms. The quantitative estimate of drug-likeness (QED) is 0.649. The molecule has 5 nitrogen and oxygen atoms in total. The molecule has 118 valence electrons. The van der Waals surface area contributed by atoms with E-state index >= 15 is 0 Å². The lowest BCUT2D eigenvalue weighted by molar-refractivity contribution is -0.139. The number of hydrogen-bond donors (Lipinski definition) is 2. The Balaban J connectivity index is 2.30. The Labute approximate surface area is 128 Å². The number of carbonyl (C=O) groups is 2. The van der Waals surface area contributed by atoms with Gasteiger partial charge in [0.1, 0.15) is 5.82 Å². The third kappa shape index (κ3) is 3.63. The minimum atomic E-state index is -0.724. The average Bonchev–Trinajstić information content (AvgIpc) is 2.46. The van der Waals surface area contributed by atoms with Gasteiger partial charge >= 0.3 is 12.0 Å². The van der Waals surface area contributed by atoms with E-state index in [9.17, 15) is 14.0 Å². The van der Waals surface area contributed by atoms with E-state index in [4.69, 9.17) is 4.74 Å². The lowest BCUT2D eigenvalue weighted by Crippen LogP contribution is -2.45. The molecular formula is C16H19FN2O3. The smallest absolute Gasteiger partial charge is 0.338 e. The summed E-state index contributed by atoms with van der Waals surface area (Å²) in [7, 11) is 0. The van der Waals surface area contributed by atoms with Crippen LogP contribution in [0.4, 0.5) is 9.18 Å². The predicted molar refractivity (Wildman–Crippen MR) is 79.4 cm³/mol. The van der Waals surface area contributed by atoms with Crippen LogP contribution in [0.15, 0.2) is 35.5 Å². The number of hydrogen-bond acceptors (Lipinski definition) is 3. The molecule has 0 saturated heterocycles. The van der Waals surface area contributed by atoms with Gasteiger partial charge in [0.05, 0.1) is 18.2 Å². The van der Waals surface area contributed by atoms with Crippen molar-refractivity contribution in [2.45, 2.75) is 32.7 Å². The van der Waals surface area contributed by atoms with Gasteiger partial charge < -0.3 is 15.4 Å². The molecule has 1 aliphatic rings. The van der Waals surface area contributed by atoms with Crippen molar-refractivity contribution in [3.63, 3.8) is 0 Å². The molecule has 1 heterocycles. The van der Waals surface area contributed by atoms with Gasteiger partial charge in [-0.3, -0.25) is 0 Å². The predicted octanol–water partition coefficient (Wildman–Crippen LogP) is 2.80. The monoisotopic (exact) mass is 306 g/mol. The van der Waals surface area contributed by atoms with Crippen LogP contribution in [0.1, 0.15) is 38.3 Å². The molecule has 2 N–H and O–H groups in total. The van der Waals surface area contributed by atoms with Gasteiger partial charge in [0.2, 0.25) is 0 Å². The SMILES string of the molecule is CCCCOC(=O)C1=C(C)NC(=O)NC1c1cccc(F)c1. The van der Waals surface area contributed by atoms with Crippen LogP contribution in [0.25, 0.3) is 0 Å². The summed E-state index contributed by atoms with van der Waals surface area (Å²) < 4.78 is 18.7. The molecule has 2 rings (SSSR count). The third-order valence-electron chi connectivity index (χ3n) is 3.40. The number of benzene rings is 1. The van der Waals surface area contributed by atoms with E-state index in [2.05, 4.69) is 10.6 Å². The van der Waals surface area contributed by atoms with E-state index in [0.29, 0.717) is 23.4 Å². The van der Waals surface area contributed by atoms with Crippen LogP contribution >= 0.6 is 0 Å². The number of esters is 1. The van der Waals surface area contributed by atoms with Crippen molar-refractivity contribution in [2.75, 3.05) is 6.61 Å². The van der Waals surface area contributed by atoms with Crippen LogP contribution in [-0.4, -0.2) is 18.6 Å². The Hall–Kier alpha value is -2.37. The number of rotatable bonds is 5. The van der Waals surface area contributed by atoms with Gasteiger partial charge in [0.15, 0.2) is 0 Å². The minimum Gasteiger partial charge on any atom is -0.462 e. The molecule has 0 aliphatic carbocycles. The van der Waals surface area contributed by atoms with Crippen LogP contribution in [0.3, 0.4) is 0 Å². The largest absolute Gasteiger partial charge is 0.462 e. The molecule has 0 saturated carbocycles. The molecule has 0 aromatic heterocycles. The van der Waals surface area contributed by atoms with E-state index in [1.54, 1.807) is 13.0 Å². The van der Waals surface area contributed by atoms with Crippen LogP contribution < -0.4 is 10.6 Å². The van der Waals surface area contributed by atoms with Gasteiger partial charge in [-0.05, 0) is 31.0 Å². The van der Waals surface area contributed by atoms with E-state index in [-0.39, 0.29) is 0 Å². The number of halogens is 1. The number of unbranched alkanes of at least 4 members (excludes halogenated alkanes) is 1. The van der Waals surface area contributed by atoms with Gasteiger partial charge in [-0.25, -0.2) is 14.0 Å². The summed E-state index contributed by atoms with van der Waals surface area (Å²) in [5.41, 5.74) is 1.21. The second-order valence-corrected chi connectivity index (χ2v) is 5.11. The molecule has 1 aromatic carbocycles. The zero-order chi connectivity index (χ0) is 16.1. The zero-order valence-electron chi connectivity index (χ0n) is 12.6. The lowest BCUT2D eigenvalue weighted by Gasteiger charge is -2.28. The van der Waals surface area contributed by atoms with Crippen molar-refractivity contribution in [1.29, 1.82) is 0 Å². The molecular weight excluding hydrogens is 287 g/mol. The second kappa shape index (κ2) is 7.06. The van der Waals surface area contributed by atoms with Crippen LogP contribution in [0.5, 0.6) is 0 Å². The maximum absolute atomic E-state index is 13.4. The van der Waals surface area contributed by atoms with Crippen LogP contribution in [0.2, 0.25) is 0 Å². The molecule has 22 heavy (non-hydrogen) atoms. The van der Waals surface area contributed by atoms with E-state index in [1.807, 2.05) is 6.92 Å². The molecule has 0 spiro atoms. The number of allylic oxidation sites excluding steroid dienone is 1. The number of ether oxygens (including phenoxy) is 1. The minimum absolute atomic E-state index is 0.293. The second-order valence-electron chi connectivity index (χ2n) is 5.11. The lowest BCUT2D eigenvalue weighted by atomic mass is 9.95. The molecule has 0 bridgehead atoms. The number of amides is 2. The van der Waals surface area contributed by atoms with Crippen molar-refractivity contribution >= 4 is 12.0 Å². The Morgan fingerprint density at radius 1 is 1.41 bits per heavy atom. The number of carbonyl (C=O) groups excluding carboxylic acids is 2. The topological polar surface area (TPSA) is 67.4 Å². The van der Waals surface area contributed by atoms with Crippen molar-refractivity contribution in [2.24, 2.45) is 0 Å². The van der Waals surface area contributed by atoms with Gasteiger partial charge in [0.25, 0.3) is 0 Å². The van der Waals surface area contributed by atoms with Crippen molar-refractivity contribution < 1.29 is 18.7 Å². The fourth-order valence-electron chi connectivity index (χ4n) is 2.29. The van der Waals surface area contributed by atoms with Crippen molar-refractivity contribution in [1.82, 2.24) is 10.6 Å². The first-order valence-corrected chi connectivity index (χ1v) is 7.23. The average molecular weight is 306 g/mol. The van der Waals surface area contributed by atoms with Gasteiger partial charge in [0, 0.05) is 5.70 Å². The molecule has 0 radical (unpaired) electrons. The van der Waals surface area contributed by atoms with Crippen LogP contribution in [-0.2, 0) is 9.53 Å². The Morgan fingerprint density at radius 2 is 2.18 bits per heavy atom. The van der Waals surface area contributed by atoms with E-state index in [1.165, 1.54) is 18.2 Å². The highest BCUT2D eigenvalue weighted by Crippen LogP contribution is 2.27. The first-order valence-electron chi connectivity index (χ1n) is 7.23. The first-order chi connectivity index (χ1) is 10.5. The van der Waals surface area contributed by atoms with Gasteiger partial charge in [-0.1, -0.05) is 25.5 Å². The summed E-state index contributed by atoms with van der Waals surface area (Å²) in [4.78, 5) is 24.0. The summed E-state index contributed by atoms with van der Waals surface area (Å²) in [6, 6.07) is 4.64. The van der Waals surface area contributed by atoms with Crippen molar-refractivity contribution in [3.8, 4) is 0 Å². The van der Waals surface area contributed by atoms with E-state index < -0.39 is 23.9 Å². The third-order valence-corrected chi connectivity index (χ3v) is 3.40. The maximum atomic E-state index is 13.4. The molecule has 1 aliphatic heterocycles. The fourth-order valence-corrected chi connectivity index (χ4v) is 2.29. The number of nitrogens with one attached hydrogen (secondary N) is 2. The Bertz CT molecular complexity index is 613. The summed E-state index contributed by atoms with van der Waals surface area (Å²) in [6.07, 6.45) is 1.68. The highest BCUT2D eigenvalue weighted by Gasteiger charge is 2.32. The molecule has 1 unspecified atom stereocenters. The van der Waals surface area contributed by atoms with E-state index in [0.717, 1.165) is 12.8 Å². The summed E-state index contributed by atoms with van der Waals surface area (Å²) in [6.45, 7) is 3.94. The van der Waals surface area contributed by atoms with Gasteiger partial charge in [-0.2, -0.15) is 0 Å². The summed E-state index contributed by atoms with van der Waals surface area (Å²) >= 11 is 0. The maximum Gasteiger partial charge on any atom is 0.338 e. The summed E-state index contributed by atoms with van der Waals surface area (Å²) in [5.74, 6) is -0.936.